The Morgan fingerprint density at radius 3 is 2.60 bits per heavy atom. The van der Waals surface area contributed by atoms with E-state index in [-0.39, 0.29) is 17.2 Å². The summed E-state index contributed by atoms with van der Waals surface area (Å²) in [5.74, 6) is -0.336. The van der Waals surface area contributed by atoms with Crippen LogP contribution in [0.25, 0.3) is 10.8 Å². The number of carbonyl (C=O) groups is 1. The summed E-state index contributed by atoms with van der Waals surface area (Å²) < 4.78 is 1.04. The number of hydrogen-bond donors (Lipinski definition) is 1. The van der Waals surface area contributed by atoms with Gasteiger partial charge in [0.1, 0.15) is 12.8 Å². The van der Waals surface area contributed by atoms with E-state index in [2.05, 4.69) is 5.32 Å². The van der Waals surface area contributed by atoms with Crippen molar-refractivity contribution in [2.75, 3.05) is 13.7 Å². The molecule has 1 N–H and O–H groups in total. The van der Waals surface area contributed by atoms with Gasteiger partial charge in [0.15, 0.2) is 0 Å². The molecule has 25 heavy (non-hydrogen) atoms. The quantitative estimate of drug-likeness (QED) is 0.778. The van der Waals surface area contributed by atoms with Gasteiger partial charge in [-0.1, -0.05) is 48.0 Å². The van der Waals surface area contributed by atoms with Gasteiger partial charge in [-0.2, -0.15) is 0 Å². The largest absolute Gasteiger partial charge is 0.413 e. The normalized spacial score (nSPS) is 10.6. The second-order valence-corrected chi connectivity index (χ2v) is 5.89. The maximum Gasteiger partial charge on any atom is 0.291 e. The number of pyridine rings is 1. The number of fused-ring (bicyclic) bond motifs is 1. The molecule has 1 amide bonds. The molecule has 0 saturated heterocycles. The van der Waals surface area contributed by atoms with E-state index in [1.807, 2.05) is 49.4 Å². The number of benzene rings is 2. The Morgan fingerprint density at radius 2 is 1.88 bits per heavy atom. The lowest BCUT2D eigenvalue weighted by atomic mass is 10.1. The van der Waals surface area contributed by atoms with E-state index < -0.39 is 0 Å². The highest BCUT2D eigenvalue weighted by Crippen LogP contribution is 2.14. The highest BCUT2D eigenvalue weighted by molar-refractivity contribution is 5.96. The van der Waals surface area contributed by atoms with Gasteiger partial charge < -0.3 is 10.2 Å². The molecule has 0 spiro atoms. The Kier molecular flexibility index (Phi) is 4.84. The fourth-order valence-corrected chi connectivity index (χ4v) is 2.80. The third kappa shape index (κ3) is 3.55. The van der Waals surface area contributed by atoms with Crippen molar-refractivity contribution in [3.05, 3.63) is 81.8 Å². The molecule has 5 nitrogen and oxygen atoms in total. The minimum Gasteiger partial charge on any atom is -0.413 e. The van der Waals surface area contributed by atoms with Gasteiger partial charge in [-0.3, -0.25) is 9.59 Å². The fraction of sp³-hybridized carbons (Fsp3) is 0.200. The highest BCUT2D eigenvalue weighted by atomic mass is 16.6. The lowest BCUT2D eigenvalue weighted by molar-refractivity contribution is 0.0885. The zero-order valence-electron chi connectivity index (χ0n) is 14.3. The summed E-state index contributed by atoms with van der Waals surface area (Å²) in [6, 6.07) is 17.1. The maximum atomic E-state index is 12.6. The fourth-order valence-electron chi connectivity index (χ4n) is 2.80. The molecule has 5 heteroatoms. The Bertz CT molecular complexity index is 962. The molecule has 0 aliphatic rings. The Labute approximate surface area is 145 Å². The van der Waals surface area contributed by atoms with Crippen molar-refractivity contribution in [1.82, 2.24) is 10.0 Å². The van der Waals surface area contributed by atoms with Gasteiger partial charge in [-0.15, -0.1) is 4.73 Å². The molecule has 3 aromatic rings. The zero-order chi connectivity index (χ0) is 17.8. The van der Waals surface area contributed by atoms with Crippen LogP contribution in [0.2, 0.25) is 0 Å². The molecule has 0 radical (unpaired) electrons. The van der Waals surface area contributed by atoms with E-state index in [0.717, 1.165) is 27.7 Å². The van der Waals surface area contributed by atoms with E-state index in [1.165, 1.54) is 7.11 Å². The Morgan fingerprint density at radius 1 is 1.12 bits per heavy atom. The number of carbonyl (C=O) groups excluding carboxylic acids is 1. The third-order valence-electron chi connectivity index (χ3n) is 4.09. The monoisotopic (exact) mass is 336 g/mol. The van der Waals surface area contributed by atoms with Crippen molar-refractivity contribution >= 4 is 16.7 Å². The van der Waals surface area contributed by atoms with Crippen molar-refractivity contribution in [2.45, 2.75) is 13.3 Å². The van der Waals surface area contributed by atoms with Crippen LogP contribution < -0.4 is 15.7 Å². The van der Waals surface area contributed by atoms with Crippen LogP contribution in [0.3, 0.4) is 0 Å². The van der Waals surface area contributed by atoms with E-state index in [9.17, 15) is 9.59 Å². The van der Waals surface area contributed by atoms with Crippen LogP contribution in [-0.4, -0.2) is 24.3 Å². The molecule has 0 bridgehead atoms. The maximum absolute atomic E-state index is 12.6. The molecular weight excluding hydrogens is 316 g/mol. The molecule has 0 saturated carbocycles. The molecule has 0 aliphatic heterocycles. The summed E-state index contributed by atoms with van der Waals surface area (Å²) in [6.45, 7) is 2.40. The first kappa shape index (κ1) is 16.8. The van der Waals surface area contributed by atoms with E-state index in [1.54, 1.807) is 12.1 Å². The number of rotatable bonds is 5. The first-order valence-electron chi connectivity index (χ1n) is 8.13. The topological polar surface area (TPSA) is 60.3 Å². The molecule has 3 rings (SSSR count). The highest BCUT2D eigenvalue weighted by Gasteiger charge is 2.16. The number of aromatic nitrogens is 1. The van der Waals surface area contributed by atoms with Gasteiger partial charge in [-0.25, -0.2) is 0 Å². The molecule has 128 valence electrons. The second kappa shape index (κ2) is 7.21. The average molecular weight is 336 g/mol. The molecule has 1 heterocycles. The van der Waals surface area contributed by atoms with E-state index in [0.29, 0.717) is 11.9 Å². The number of aryl methyl sites for hydroxylation is 1. The summed E-state index contributed by atoms with van der Waals surface area (Å²) in [5.41, 5.74) is 1.97. The summed E-state index contributed by atoms with van der Waals surface area (Å²) in [4.78, 5) is 30.3. The van der Waals surface area contributed by atoms with E-state index >= 15 is 0 Å². The van der Waals surface area contributed by atoms with Gasteiger partial charge in [-0.05, 0) is 36.4 Å². The number of nitrogens with zero attached hydrogens (tertiary/aromatic N) is 1. The van der Waals surface area contributed by atoms with Crippen molar-refractivity contribution in [3.63, 3.8) is 0 Å². The molecule has 0 unspecified atom stereocenters. The number of nitrogens with one attached hydrogen (secondary N) is 1. The SMILES string of the molecule is COn1c(C(=O)NCCc2ccccc2)cc2ccc(C)cc2c1=O. The van der Waals surface area contributed by atoms with Crippen molar-refractivity contribution in [1.29, 1.82) is 0 Å². The second-order valence-electron chi connectivity index (χ2n) is 5.89. The first-order chi connectivity index (χ1) is 12.1. The first-order valence-corrected chi connectivity index (χ1v) is 8.13. The number of amides is 1. The smallest absolute Gasteiger partial charge is 0.291 e. The van der Waals surface area contributed by atoms with Crippen LogP contribution >= 0.6 is 0 Å². The van der Waals surface area contributed by atoms with Crippen LogP contribution in [0.5, 0.6) is 0 Å². The summed E-state index contributed by atoms with van der Waals surface area (Å²) in [5, 5.41) is 4.10. The van der Waals surface area contributed by atoms with Crippen molar-refractivity contribution in [3.8, 4) is 0 Å². The molecule has 0 fully saturated rings. The minimum absolute atomic E-state index is 0.192. The predicted molar refractivity (Wildman–Crippen MR) is 97.9 cm³/mol. The van der Waals surface area contributed by atoms with Gasteiger partial charge in [0.25, 0.3) is 11.5 Å². The Balaban J connectivity index is 1.85. The molecule has 0 atom stereocenters. The van der Waals surface area contributed by atoms with Crippen LogP contribution in [0.4, 0.5) is 0 Å². The van der Waals surface area contributed by atoms with Crippen molar-refractivity contribution < 1.29 is 9.63 Å². The van der Waals surface area contributed by atoms with Gasteiger partial charge in [0.2, 0.25) is 0 Å². The predicted octanol–water partition coefficient (Wildman–Crippen LogP) is 2.34. The number of hydrogen-bond acceptors (Lipinski definition) is 3. The third-order valence-corrected chi connectivity index (χ3v) is 4.09. The van der Waals surface area contributed by atoms with Crippen LogP contribution in [0, 0.1) is 6.92 Å². The lowest BCUT2D eigenvalue weighted by Gasteiger charge is -2.13. The van der Waals surface area contributed by atoms with Crippen LogP contribution in [0.1, 0.15) is 21.6 Å². The summed E-state index contributed by atoms with van der Waals surface area (Å²) >= 11 is 0. The molecular formula is C20H20N2O3. The molecule has 2 aromatic carbocycles. The zero-order valence-corrected chi connectivity index (χ0v) is 14.3. The van der Waals surface area contributed by atoms with Gasteiger partial charge in [0.05, 0.1) is 5.39 Å². The summed E-state index contributed by atoms with van der Waals surface area (Å²) in [6.07, 6.45) is 0.719. The lowest BCUT2D eigenvalue weighted by Crippen LogP contribution is -2.35. The minimum atomic E-state index is -0.336. The Hall–Kier alpha value is -3.08. The molecule has 1 aromatic heterocycles. The van der Waals surface area contributed by atoms with E-state index in [4.69, 9.17) is 4.84 Å². The van der Waals surface area contributed by atoms with Crippen LogP contribution in [0.15, 0.2) is 59.4 Å². The standard InChI is InChI=1S/C20H20N2O3/c1-14-8-9-16-13-18(22(25-2)20(24)17(16)12-14)19(23)21-11-10-15-6-4-3-5-7-15/h3-9,12-13H,10-11H2,1-2H3,(H,21,23). The molecule has 0 aliphatic carbocycles. The van der Waals surface area contributed by atoms with Crippen molar-refractivity contribution in [2.24, 2.45) is 0 Å². The van der Waals surface area contributed by atoms with Gasteiger partial charge >= 0.3 is 0 Å². The summed E-state index contributed by atoms with van der Waals surface area (Å²) in [7, 11) is 1.38. The van der Waals surface area contributed by atoms with Crippen LogP contribution in [-0.2, 0) is 6.42 Å². The average Bonchev–Trinajstić information content (AvgIpc) is 2.63. The van der Waals surface area contributed by atoms with Gasteiger partial charge in [0, 0.05) is 6.54 Å².